The molecule has 0 aliphatic carbocycles. The maximum absolute atomic E-state index is 14.6. The van der Waals surface area contributed by atoms with E-state index in [1.807, 2.05) is 0 Å². The largest absolute Gasteiger partial charge is 0.287 e. The summed E-state index contributed by atoms with van der Waals surface area (Å²) in [5.41, 5.74) is -0.174. The smallest absolute Gasteiger partial charge is 0.214 e. The van der Waals surface area contributed by atoms with E-state index in [1.165, 1.54) is 24.4 Å². The van der Waals surface area contributed by atoms with Crippen LogP contribution in [-0.2, 0) is 0 Å². The average Bonchev–Trinajstić information content (AvgIpc) is 3.19. The number of hydrogen-bond acceptors (Lipinski definition) is 3. The van der Waals surface area contributed by atoms with Gasteiger partial charge in [0.2, 0.25) is 5.78 Å². The third-order valence-electron chi connectivity index (χ3n) is 4.20. The lowest BCUT2D eigenvalue weighted by molar-refractivity contribution is 0.103. The van der Waals surface area contributed by atoms with E-state index in [-0.39, 0.29) is 22.7 Å². The molecular weight excluding hydrogens is 367 g/mol. The molecule has 0 radical (unpaired) electrons. The average molecular weight is 379 g/mol. The van der Waals surface area contributed by atoms with Crippen LogP contribution in [0.3, 0.4) is 0 Å². The molecule has 0 atom stereocenters. The van der Waals surface area contributed by atoms with Crippen molar-refractivity contribution in [3.8, 4) is 16.8 Å². The summed E-state index contributed by atoms with van der Waals surface area (Å²) in [4.78, 5) is 12.4. The molecule has 0 spiro atoms. The molecule has 4 nitrogen and oxygen atoms in total. The molecule has 28 heavy (non-hydrogen) atoms. The quantitative estimate of drug-likeness (QED) is 0.488. The number of carbonyl (C=O) groups excluding carboxylic acids is 1. The Labute approximate surface area is 157 Å². The molecule has 0 bridgehead atoms. The van der Waals surface area contributed by atoms with Gasteiger partial charge in [-0.1, -0.05) is 53.7 Å². The van der Waals surface area contributed by atoms with Crippen LogP contribution >= 0.6 is 0 Å². The Morgan fingerprint density at radius 3 is 2.14 bits per heavy atom. The standard InChI is InChI=1S/C21H12F3N3O/c22-16-9-5-4-8-15(16)20-17(23)10-14(11-18(20)24)27-12-19(25-26-27)21(28)13-6-2-1-3-7-13/h1-12H. The zero-order valence-electron chi connectivity index (χ0n) is 14.3. The number of benzene rings is 3. The molecule has 1 aromatic heterocycles. The van der Waals surface area contributed by atoms with Crippen LogP contribution in [0.25, 0.3) is 16.8 Å². The van der Waals surface area contributed by atoms with Crippen molar-refractivity contribution in [1.82, 2.24) is 15.0 Å². The molecule has 3 aromatic carbocycles. The van der Waals surface area contributed by atoms with Crippen molar-refractivity contribution in [1.29, 1.82) is 0 Å². The van der Waals surface area contributed by atoms with Crippen LogP contribution in [0.1, 0.15) is 16.1 Å². The number of carbonyl (C=O) groups is 1. The highest BCUT2D eigenvalue weighted by molar-refractivity contribution is 6.07. The van der Waals surface area contributed by atoms with Gasteiger partial charge < -0.3 is 0 Å². The highest BCUT2D eigenvalue weighted by atomic mass is 19.1. The molecule has 138 valence electrons. The predicted molar refractivity (Wildman–Crippen MR) is 96.5 cm³/mol. The molecule has 0 saturated heterocycles. The van der Waals surface area contributed by atoms with Crippen molar-refractivity contribution < 1.29 is 18.0 Å². The topological polar surface area (TPSA) is 47.8 Å². The Morgan fingerprint density at radius 2 is 1.46 bits per heavy atom. The lowest BCUT2D eigenvalue weighted by Gasteiger charge is -2.09. The summed E-state index contributed by atoms with van der Waals surface area (Å²) in [7, 11) is 0. The van der Waals surface area contributed by atoms with Crippen LogP contribution in [0.4, 0.5) is 13.2 Å². The minimum absolute atomic E-state index is 0.0229. The SMILES string of the molecule is O=C(c1ccccc1)c1cn(-c2cc(F)c(-c3ccccc3F)c(F)c2)nn1. The summed E-state index contributed by atoms with van der Waals surface area (Å²) < 4.78 is 44.1. The summed E-state index contributed by atoms with van der Waals surface area (Å²) in [5, 5.41) is 7.56. The molecule has 4 rings (SSSR count). The second-order valence-electron chi connectivity index (χ2n) is 6.01. The van der Waals surface area contributed by atoms with Crippen molar-refractivity contribution in [3.05, 3.63) is 102 Å². The number of rotatable bonds is 4. The van der Waals surface area contributed by atoms with Gasteiger partial charge in [-0.15, -0.1) is 5.10 Å². The minimum Gasteiger partial charge on any atom is -0.287 e. The van der Waals surface area contributed by atoms with Gasteiger partial charge in [0.15, 0.2) is 5.69 Å². The monoisotopic (exact) mass is 379 g/mol. The molecule has 0 N–H and O–H groups in total. The molecule has 7 heteroatoms. The number of aromatic nitrogens is 3. The van der Waals surface area contributed by atoms with Crippen LogP contribution in [-0.4, -0.2) is 20.8 Å². The zero-order chi connectivity index (χ0) is 19.7. The van der Waals surface area contributed by atoms with E-state index < -0.39 is 23.0 Å². The van der Waals surface area contributed by atoms with Crippen LogP contribution in [0, 0.1) is 17.5 Å². The Morgan fingerprint density at radius 1 is 0.821 bits per heavy atom. The van der Waals surface area contributed by atoms with Gasteiger partial charge in [-0.2, -0.15) is 0 Å². The highest BCUT2D eigenvalue weighted by Crippen LogP contribution is 2.30. The second kappa shape index (κ2) is 7.11. The molecular formula is C21H12F3N3O. The number of ketones is 1. The fourth-order valence-electron chi connectivity index (χ4n) is 2.84. The third kappa shape index (κ3) is 3.18. The third-order valence-corrected chi connectivity index (χ3v) is 4.20. The summed E-state index contributed by atoms with van der Waals surface area (Å²) in [6.45, 7) is 0. The first-order valence-electron chi connectivity index (χ1n) is 8.31. The van der Waals surface area contributed by atoms with Crippen LogP contribution in [0.2, 0.25) is 0 Å². The highest BCUT2D eigenvalue weighted by Gasteiger charge is 2.19. The lowest BCUT2D eigenvalue weighted by atomic mass is 10.0. The van der Waals surface area contributed by atoms with Crippen molar-refractivity contribution >= 4 is 5.78 Å². The van der Waals surface area contributed by atoms with E-state index in [4.69, 9.17) is 0 Å². The first-order chi connectivity index (χ1) is 13.5. The van der Waals surface area contributed by atoms with Gasteiger partial charge >= 0.3 is 0 Å². The van der Waals surface area contributed by atoms with E-state index >= 15 is 0 Å². The van der Waals surface area contributed by atoms with Gasteiger partial charge in [0.1, 0.15) is 17.5 Å². The minimum atomic E-state index is -0.952. The van der Waals surface area contributed by atoms with Crippen LogP contribution in [0.15, 0.2) is 72.9 Å². The normalized spacial score (nSPS) is 10.8. The van der Waals surface area contributed by atoms with Gasteiger partial charge in [-0.25, -0.2) is 17.9 Å². The second-order valence-corrected chi connectivity index (χ2v) is 6.01. The van der Waals surface area contributed by atoms with Crippen LogP contribution < -0.4 is 0 Å². The molecule has 0 aliphatic rings. The summed E-state index contributed by atoms with van der Waals surface area (Å²) in [6.07, 6.45) is 1.28. The molecule has 0 aliphatic heterocycles. The van der Waals surface area contributed by atoms with Gasteiger partial charge in [-0.05, 0) is 6.07 Å². The predicted octanol–water partition coefficient (Wildman–Crippen LogP) is 4.58. The van der Waals surface area contributed by atoms with Gasteiger partial charge in [0.25, 0.3) is 0 Å². The summed E-state index contributed by atoms with van der Waals surface area (Å²) in [6, 6.07) is 15.8. The van der Waals surface area contributed by atoms with Crippen molar-refractivity contribution in [2.75, 3.05) is 0 Å². The summed E-state index contributed by atoms with van der Waals surface area (Å²) in [5.74, 6) is -3.00. The lowest BCUT2D eigenvalue weighted by Crippen LogP contribution is -2.01. The number of halogens is 3. The molecule has 4 aromatic rings. The maximum atomic E-state index is 14.6. The Bertz CT molecular complexity index is 1150. The van der Waals surface area contributed by atoms with Gasteiger partial charge in [0, 0.05) is 23.3 Å². The fourth-order valence-corrected chi connectivity index (χ4v) is 2.84. The van der Waals surface area contributed by atoms with E-state index in [2.05, 4.69) is 10.3 Å². The van der Waals surface area contributed by atoms with E-state index in [9.17, 15) is 18.0 Å². The van der Waals surface area contributed by atoms with Crippen molar-refractivity contribution in [2.45, 2.75) is 0 Å². The zero-order valence-corrected chi connectivity index (χ0v) is 14.3. The number of nitrogens with zero attached hydrogens (tertiary/aromatic N) is 3. The molecule has 0 fully saturated rings. The maximum Gasteiger partial charge on any atom is 0.214 e. The summed E-state index contributed by atoms with van der Waals surface area (Å²) >= 11 is 0. The van der Waals surface area contributed by atoms with E-state index in [0.717, 1.165) is 22.9 Å². The van der Waals surface area contributed by atoms with Crippen LogP contribution in [0.5, 0.6) is 0 Å². The first kappa shape index (κ1) is 17.7. The molecule has 0 saturated carbocycles. The molecule has 0 unspecified atom stereocenters. The van der Waals surface area contributed by atoms with Gasteiger partial charge in [-0.3, -0.25) is 4.79 Å². The Kier molecular flexibility index (Phi) is 4.49. The van der Waals surface area contributed by atoms with E-state index in [1.54, 1.807) is 30.3 Å². The van der Waals surface area contributed by atoms with E-state index in [0.29, 0.717) is 5.56 Å². The Balaban J connectivity index is 1.71. The van der Waals surface area contributed by atoms with Crippen molar-refractivity contribution in [3.63, 3.8) is 0 Å². The fraction of sp³-hybridized carbons (Fsp3) is 0. The Hall–Kier alpha value is -3.74. The van der Waals surface area contributed by atoms with Gasteiger partial charge in [0.05, 0.1) is 17.4 Å². The number of hydrogen-bond donors (Lipinski definition) is 0. The van der Waals surface area contributed by atoms with Crippen molar-refractivity contribution in [2.24, 2.45) is 0 Å². The molecule has 1 heterocycles. The molecule has 0 amide bonds. The first-order valence-corrected chi connectivity index (χ1v) is 8.31.